The van der Waals surface area contributed by atoms with Gasteiger partial charge < -0.3 is 14.8 Å². The molecule has 1 aromatic carbocycles. The third-order valence-electron chi connectivity index (χ3n) is 5.86. The molecule has 0 atom stereocenters. The Balaban J connectivity index is 1.43. The highest BCUT2D eigenvalue weighted by atomic mass is 32.2. The zero-order chi connectivity index (χ0) is 25.5. The molecule has 0 bridgehead atoms. The van der Waals surface area contributed by atoms with E-state index < -0.39 is 5.97 Å². The first-order valence-corrected chi connectivity index (χ1v) is 13.7. The van der Waals surface area contributed by atoms with E-state index in [4.69, 9.17) is 9.47 Å². The molecule has 1 aliphatic carbocycles. The van der Waals surface area contributed by atoms with Crippen LogP contribution in [0.3, 0.4) is 0 Å². The maximum absolute atomic E-state index is 12.9. The first kappa shape index (κ1) is 26.0. The fourth-order valence-corrected chi connectivity index (χ4v) is 6.20. The number of rotatable bonds is 10. The number of hydrogen-bond donors (Lipinski definition) is 1. The highest BCUT2D eigenvalue weighted by Gasteiger charge is 2.26. The van der Waals surface area contributed by atoms with Crippen molar-refractivity contribution >= 4 is 40.0 Å². The van der Waals surface area contributed by atoms with Gasteiger partial charge in [-0.15, -0.1) is 28.1 Å². The number of hydrogen-bond acceptors (Lipinski definition) is 8. The Bertz CT molecular complexity index is 1250. The van der Waals surface area contributed by atoms with Crippen LogP contribution in [0.15, 0.2) is 42.1 Å². The molecule has 0 radical (unpaired) electrons. The van der Waals surface area contributed by atoms with E-state index in [0.29, 0.717) is 28.1 Å². The number of carbonyl (C=O) groups is 2. The molecule has 1 N–H and O–H groups in total. The topological polar surface area (TPSA) is 95.3 Å². The van der Waals surface area contributed by atoms with Crippen LogP contribution >= 0.6 is 23.1 Å². The van der Waals surface area contributed by atoms with Gasteiger partial charge in [0.05, 0.1) is 18.4 Å². The minimum atomic E-state index is -0.402. The van der Waals surface area contributed by atoms with Crippen LogP contribution in [0.25, 0.3) is 0 Å². The number of nitrogens with one attached hydrogen (secondary N) is 1. The van der Waals surface area contributed by atoms with Crippen molar-refractivity contribution in [2.45, 2.75) is 57.3 Å². The van der Waals surface area contributed by atoms with Gasteiger partial charge in [0.25, 0.3) is 0 Å². The van der Waals surface area contributed by atoms with Crippen molar-refractivity contribution in [1.29, 1.82) is 0 Å². The first-order chi connectivity index (χ1) is 17.5. The molecule has 4 rings (SSSR count). The molecule has 8 nitrogen and oxygen atoms in total. The van der Waals surface area contributed by atoms with E-state index in [1.54, 1.807) is 6.08 Å². The molecule has 1 aliphatic rings. The lowest BCUT2D eigenvalue weighted by molar-refractivity contribution is -0.113. The summed E-state index contributed by atoms with van der Waals surface area (Å²) >= 11 is 2.76. The van der Waals surface area contributed by atoms with Crippen molar-refractivity contribution in [2.24, 2.45) is 0 Å². The van der Waals surface area contributed by atoms with E-state index in [9.17, 15) is 9.59 Å². The molecular formula is C26H30N4O4S2. The van der Waals surface area contributed by atoms with Gasteiger partial charge >= 0.3 is 5.97 Å². The summed E-state index contributed by atoms with van der Waals surface area (Å²) in [5.74, 6) is 0.910. The lowest BCUT2D eigenvalue weighted by Crippen LogP contribution is -2.17. The summed E-state index contributed by atoms with van der Waals surface area (Å²) in [5.41, 5.74) is 2.64. The predicted octanol–water partition coefficient (Wildman–Crippen LogP) is 5.20. The lowest BCUT2D eigenvalue weighted by atomic mass is 10.1. The fourth-order valence-electron chi connectivity index (χ4n) is 4.14. The largest absolute Gasteiger partial charge is 0.486 e. The van der Waals surface area contributed by atoms with Crippen LogP contribution in [0.5, 0.6) is 5.75 Å². The quantitative estimate of drug-likeness (QED) is 0.168. The van der Waals surface area contributed by atoms with Gasteiger partial charge in [-0.3, -0.25) is 9.36 Å². The number of methoxy groups -OCH3 is 1. The maximum atomic E-state index is 12.9. The predicted molar refractivity (Wildman–Crippen MR) is 142 cm³/mol. The Labute approximate surface area is 219 Å². The lowest BCUT2D eigenvalue weighted by Gasteiger charge is -2.10. The third-order valence-corrected chi connectivity index (χ3v) is 8.03. The molecule has 0 fully saturated rings. The molecule has 0 saturated carbocycles. The molecule has 0 unspecified atom stereocenters. The third kappa shape index (κ3) is 6.17. The highest BCUT2D eigenvalue weighted by molar-refractivity contribution is 7.99. The van der Waals surface area contributed by atoms with Crippen molar-refractivity contribution in [1.82, 2.24) is 14.8 Å². The molecule has 2 aromatic heterocycles. The Morgan fingerprint density at radius 2 is 2.08 bits per heavy atom. The zero-order valence-electron chi connectivity index (χ0n) is 20.5. The van der Waals surface area contributed by atoms with Gasteiger partial charge in [0.1, 0.15) is 17.4 Å². The number of thiophene rings is 1. The minimum absolute atomic E-state index is 0.122. The molecule has 36 heavy (non-hydrogen) atoms. The smallest absolute Gasteiger partial charge is 0.341 e. The van der Waals surface area contributed by atoms with Crippen LogP contribution in [0.2, 0.25) is 0 Å². The monoisotopic (exact) mass is 526 g/mol. The van der Waals surface area contributed by atoms with E-state index in [0.717, 1.165) is 49.0 Å². The summed E-state index contributed by atoms with van der Waals surface area (Å²) in [6, 6.07) is 7.80. The van der Waals surface area contributed by atoms with Crippen molar-refractivity contribution in [3.05, 3.63) is 64.3 Å². The van der Waals surface area contributed by atoms with Gasteiger partial charge in [-0.05, 0) is 55.9 Å². The van der Waals surface area contributed by atoms with E-state index in [1.165, 1.54) is 35.1 Å². The second-order valence-corrected chi connectivity index (χ2v) is 10.5. The van der Waals surface area contributed by atoms with E-state index in [-0.39, 0.29) is 18.3 Å². The molecule has 0 saturated heterocycles. The van der Waals surface area contributed by atoms with Gasteiger partial charge in [0.15, 0.2) is 11.0 Å². The van der Waals surface area contributed by atoms with Crippen LogP contribution in [0.4, 0.5) is 5.00 Å². The minimum Gasteiger partial charge on any atom is -0.486 e. The van der Waals surface area contributed by atoms with Crippen LogP contribution in [0.1, 0.15) is 51.4 Å². The van der Waals surface area contributed by atoms with Crippen LogP contribution in [-0.4, -0.2) is 39.5 Å². The molecule has 0 aliphatic heterocycles. The number of ether oxygens (including phenoxy) is 2. The summed E-state index contributed by atoms with van der Waals surface area (Å²) in [5, 5.41) is 12.6. The summed E-state index contributed by atoms with van der Waals surface area (Å²) in [6.07, 6.45) is 6.78. The van der Waals surface area contributed by atoms with Gasteiger partial charge in [0, 0.05) is 11.4 Å². The Morgan fingerprint density at radius 3 is 2.86 bits per heavy atom. The molecule has 190 valence electrons. The number of esters is 1. The Hall–Kier alpha value is -3.11. The van der Waals surface area contributed by atoms with Crippen molar-refractivity contribution < 1.29 is 19.1 Å². The van der Waals surface area contributed by atoms with Crippen molar-refractivity contribution in [3.63, 3.8) is 0 Å². The van der Waals surface area contributed by atoms with Gasteiger partial charge in [-0.2, -0.15) is 0 Å². The Morgan fingerprint density at radius 1 is 1.25 bits per heavy atom. The first-order valence-electron chi connectivity index (χ1n) is 11.9. The number of thioether (sulfide) groups is 1. The number of carbonyl (C=O) groups excluding carboxylic acids is 2. The second-order valence-electron chi connectivity index (χ2n) is 8.50. The molecule has 2 heterocycles. The molecular weight excluding hydrogens is 496 g/mol. The van der Waals surface area contributed by atoms with Crippen LogP contribution in [0, 0.1) is 6.92 Å². The number of fused-ring (bicyclic) bond motifs is 1. The zero-order valence-corrected chi connectivity index (χ0v) is 22.2. The SMILES string of the molecule is C=CCn1c(COc2cccc(C)c2)nnc1SCC(=O)Nc1sc2c(c1C(=O)OC)CCCCC2. The number of nitrogens with zero attached hydrogens (tertiary/aromatic N) is 3. The van der Waals surface area contributed by atoms with Gasteiger partial charge in [-0.1, -0.05) is 36.4 Å². The van der Waals surface area contributed by atoms with E-state index in [2.05, 4.69) is 22.1 Å². The fraction of sp³-hybridized carbons (Fsp3) is 0.385. The number of aryl methyl sites for hydroxylation is 2. The van der Waals surface area contributed by atoms with Crippen molar-refractivity contribution in [3.8, 4) is 5.75 Å². The summed E-state index contributed by atoms with van der Waals surface area (Å²) < 4.78 is 12.8. The van der Waals surface area contributed by atoms with E-state index in [1.807, 2.05) is 35.8 Å². The summed E-state index contributed by atoms with van der Waals surface area (Å²) in [6.45, 7) is 6.57. The average Bonchev–Trinajstić information content (AvgIpc) is 3.32. The van der Waals surface area contributed by atoms with Crippen molar-refractivity contribution in [2.75, 3.05) is 18.2 Å². The van der Waals surface area contributed by atoms with Crippen LogP contribution < -0.4 is 10.1 Å². The Kier molecular flexibility index (Phi) is 8.82. The highest BCUT2D eigenvalue weighted by Crippen LogP contribution is 2.38. The number of aromatic nitrogens is 3. The maximum Gasteiger partial charge on any atom is 0.341 e. The van der Waals surface area contributed by atoms with Gasteiger partial charge in [-0.25, -0.2) is 4.79 Å². The number of anilines is 1. The molecule has 10 heteroatoms. The summed E-state index contributed by atoms with van der Waals surface area (Å²) in [4.78, 5) is 26.6. The number of amides is 1. The number of benzene rings is 1. The molecule has 0 spiro atoms. The standard InChI is InChI=1S/C26H30N4O4S2/c1-4-13-30-21(15-34-18-10-8-9-17(2)14-18)28-29-26(30)35-16-22(31)27-24-23(25(32)33-3)19-11-6-5-7-12-20(19)36-24/h4,8-10,14H,1,5-7,11-13,15-16H2,2-3H3,(H,27,31). The number of allylic oxidation sites excluding steroid dienone is 1. The molecule has 3 aromatic rings. The van der Waals surface area contributed by atoms with Gasteiger partial charge in [0.2, 0.25) is 5.91 Å². The molecule has 1 amide bonds. The normalized spacial score (nSPS) is 12.9. The van der Waals surface area contributed by atoms with Crippen LogP contribution in [-0.2, 0) is 35.5 Å². The van der Waals surface area contributed by atoms with E-state index >= 15 is 0 Å². The summed E-state index contributed by atoms with van der Waals surface area (Å²) in [7, 11) is 1.37. The second kappa shape index (κ2) is 12.2. The average molecular weight is 527 g/mol.